The fourth-order valence-electron chi connectivity index (χ4n) is 2.89. The predicted octanol–water partition coefficient (Wildman–Crippen LogP) is 5.73. The molecule has 1 aromatic carbocycles. The fourth-order valence-corrected chi connectivity index (χ4v) is 3.62. The predicted molar refractivity (Wildman–Crippen MR) is 89.8 cm³/mol. The Kier molecular flexibility index (Phi) is 4.66. The first-order valence-electron chi connectivity index (χ1n) is 7.69. The molecule has 2 aromatic rings. The van der Waals surface area contributed by atoms with Crippen molar-refractivity contribution in [2.45, 2.75) is 32.1 Å². The number of rotatable bonds is 4. The molecule has 0 atom stereocenters. The van der Waals surface area contributed by atoms with Crippen molar-refractivity contribution in [2.75, 3.05) is 0 Å². The van der Waals surface area contributed by atoms with Crippen LogP contribution in [0.1, 0.15) is 42.5 Å². The van der Waals surface area contributed by atoms with Gasteiger partial charge in [0, 0.05) is 10.4 Å². The molecule has 0 unspecified atom stereocenters. The van der Waals surface area contributed by atoms with Crippen molar-refractivity contribution < 1.29 is 4.79 Å². The molecule has 1 heterocycles. The maximum Gasteiger partial charge on any atom is 0.185 e. The zero-order valence-corrected chi connectivity index (χ0v) is 12.9. The van der Waals surface area contributed by atoms with Gasteiger partial charge < -0.3 is 0 Å². The smallest absolute Gasteiger partial charge is 0.185 e. The molecule has 3 rings (SSSR count). The highest BCUT2D eigenvalue weighted by Gasteiger charge is 2.11. The first-order chi connectivity index (χ1) is 10.3. The normalized spacial score (nSPS) is 16.4. The number of thiophene rings is 1. The summed E-state index contributed by atoms with van der Waals surface area (Å²) in [5.74, 6) is 0.728. The Labute approximate surface area is 130 Å². The van der Waals surface area contributed by atoms with Crippen LogP contribution < -0.4 is 0 Å². The molecule has 108 valence electrons. The van der Waals surface area contributed by atoms with Gasteiger partial charge in [-0.25, -0.2) is 0 Å². The van der Waals surface area contributed by atoms with Gasteiger partial charge >= 0.3 is 0 Å². The number of carbonyl (C=O) groups excluding carboxylic acids is 1. The molecule has 0 aliphatic heterocycles. The third-order valence-corrected chi connectivity index (χ3v) is 5.06. The van der Waals surface area contributed by atoms with E-state index in [2.05, 4.69) is 17.5 Å². The Morgan fingerprint density at radius 1 is 1.05 bits per heavy atom. The first kappa shape index (κ1) is 14.3. The lowest BCUT2D eigenvalue weighted by Crippen LogP contribution is -2.04. The van der Waals surface area contributed by atoms with Crippen LogP contribution in [0.15, 0.2) is 53.9 Å². The molecule has 1 saturated carbocycles. The summed E-state index contributed by atoms with van der Waals surface area (Å²) >= 11 is 1.72. The molecular formula is C19H20OS. The standard InChI is InChI=1S/C19H20OS/c20-18(13-8-15-5-2-1-3-6-15)16-9-11-17(12-10-16)19-7-4-14-21-19/h4,7-15H,1-3,5-6H2/b13-8+. The average molecular weight is 296 g/mol. The minimum absolute atomic E-state index is 0.123. The second-order valence-electron chi connectivity index (χ2n) is 5.68. The highest BCUT2D eigenvalue weighted by Crippen LogP contribution is 2.26. The highest BCUT2D eigenvalue weighted by atomic mass is 32.1. The monoisotopic (exact) mass is 296 g/mol. The molecule has 1 aromatic heterocycles. The van der Waals surface area contributed by atoms with Crippen LogP contribution in [0.4, 0.5) is 0 Å². The summed E-state index contributed by atoms with van der Waals surface area (Å²) in [6, 6.07) is 12.1. The summed E-state index contributed by atoms with van der Waals surface area (Å²) in [5.41, 5.74) is 1.96. The number of allylic oxidation sites excluding steroid dienone is 2. The fraction of sp³-hybridized carbons (Fsp3) is 0.316. The van der Waals surface area contributed by atoms with E-state index in [-0.39, 0.29) is 5.78 Å². The number of ketones is 1. The number of hydrogen-bond acceptors (Lipinski definition) is 2. The summed E-state index contributed by atoms with van der Waals surface area (Å²) in [6.45, 7) is 0. The molecule has 0 amide bonds. The summed E-state index contributed by atoms with van der Waals surface area (Å²) in [5, 5.41) is 2.07. The minimum Gasteiger partial charge on any atom is -0.289 e. The molecule has 1 aliphatic rings. The molecule has 1 nitrogen and oxygen atoms in total. The lowest BCUT2D eigenvalue weighted by atomic mass is 9.89. The number of benzene rings is 1. The Morgan fingerprint density at radius 2 is 1.81 bits per heavy atom. The number of carbonyl (C=O) groups is 1. The van der Waals surface area contributed by atoms with E-state index in [0.29, 0.717) is 5.92 Å². The Bertz CT molecular complexity index is 602. The van der Waals surface area contributed by atoms with Crippen LogP contribution in [0.2, 0.25) is 0 Å². The lowest BCUT2D eigenvalue weighted by Gasteiger charge is -2.17. The number of hydrogen-bond donors (Lipinski definition) is 0. The van der Waals surface area contributed by atoms with E-state index in [1.807, 2.05) is 30.3 Å². The maximum absolute atomic E-state index is 12.2. The van der Waals surface area contributed by atoms with E-state index >= 15 is 0 Å². The van der Waals surface area contributed by atoms with Crippen LogP contribution in [0.5, 0.6) is 0 Å². The van der Waals surface area contributed by atoms with E-state index < -0.39 is 0 Å². The Hall–Kier alpha value is -1.67. The highest BCUT2D eigenvalue weighted by molar-refractivity contribution is 7.13. The second kappa shape index (κ2) is 6.86. The van der Waals surface area contributed by atoms with Crippen molar-refractivity contribution in [3.8, 4) is 10.4 Å². The van der Waals surface area contributed by atoms with Gasteiger partial charge in [-0.05, 0) is 41.8 Å². The molecule has 0 N–H and O–H groups in total. The van der Waals surface area contributed by atoms with E-state index in [1.165, 1.54) is 42.5 Å². The largest absolute Gasteiger partial charge is 0.289 e. The topological polar surface area (TPSA) is 17.1 Å². The van der Waals surface area contributed by atoms with E-state index in [1.54, 1.807) is 17.4 Å². The second-order valence-corrected chi connectivity index (χ2v) is 6.62. The van der Waals surface area contributed by atoms with Gasteiger partial charge in [0.15, 0.2) is 5.78 Å². The lowest BCUT2D eigenvalue weighted by molar-refractivity contribution is 0.104. The zero-order valence-electron chi connectivity index (χ0n) is 12.1. The van der Waals surface area contributed by atoms with Crippen molar-refractivity contribution >= 4 is 17.1 Å². The summed E-state index contributed by atoms with van der Waals surface area (Å²) in [7, 11) is 0. The molecule has 1 fully saturated rings. The van der Waals surface area contributed by atoms with E-state index in [4.69, 9.17) is 0 Å². The third-order valence-electron chi connectivity index (χ3n) is 4.14. The molecule has 0 saturated heterocycles. The molecule has 0 bridgehead atoms. The Balaban J connectivity index is 1.66. The Morgan fingerprint density at radius 3 is 2.48 bits per heavy atom. The summed E-state index contributed by atoms with van der Waals surface area (Å²) < 4.78 is 0. The van der Waals surface area contributed by atoms with Crippen LogP contribution in [0.25, 0.3) is 10.4 Å². The molecule has 21 heavy (non-hydrogen) atoms. The molecular weight excluding hydrogens is 276 g/mol. The van der Waals surface area contributed by atoms with Gasteiger partial charge in [0.1, 0.15) is 0 Å². The van der Waals surface area contributed by atoms with Gasteiger partial charge in [0.25, 0.3) is 0 Å². The van der Waals surface area contributed by atoms with Crippen molar-refractivity contribution in [1.82, 2.24) is 0 Å². The van der Waals surface area contributed by atoms with Gasteiger partial charge in [0.2, 0.25) is 0 Å². The molecule has 2 heteroatoms. The van der Waals surface area contributed by atoms with Gasteiger partial charge in [-0.1, -0.05) is 55.7 Å². The van der Waals surface area contributed by atoms with Crippen LogP contribution in [-0.4, -0.2) is 5.78 Å². The minimum atomic E-state index is 0.123. The first-order valence-corrected chi connectivity index (χ1v) is 8.57. The van der Waals surface area contributed by atoms with Crippen molar-refractivity contribution in [3.05, 3.63) is 59.5 Å². The molecule has 0 radical (unpaired) electrons. The van der Waals surface area contributed by atoms with Crippen LogP contribution in [0.3, 0.4) is 0 Å². The SMILES string of the molecule is O=C(/C=C/C1CCCCC1)c1ccc(-c2cccs2)cc1. The van der Waals surface area contributed by atoms with Crippen molar-refractivity contribution in [2.24, 2.45) is 5.92 Å². The zero-order chi connectivity index (χ0) is 14.5. The van der Waals surface area contributed by atoms with E-state index in [9.17, 15) is 4.79 Å². The maximum atomic E-state index is 12.2. The van der Waals surface area contributed by atoms with Crippen LogP contribution in [0, 0.1) is 5.92 Å². The molecule has 1 aliphatic carbocycles. The average Bonchev–Trinajstić information content (AvgIpc) is 3.08. The summed E-state index contributed by atoms with van der Waals surface area (Å²) in [4.78, 5) is 13.4. The summed E-state index contributed by atoms with van der Waals surface area (Å²) in [6.07, 6.45) is 10.3. The van der Waals surface area contributed by atoms with Gasteiger partial charge in [-0.3, -0.25) is 4.79 Å². The van der Waals surface area contributed by atoms with Gasteiger partial charge in [-0.2, -0.15) is 0 Å². The quantitative estimate of drug-likeness (QED) is 0.520. The third kappa shape index (κ3) is 3.70. The molecule has 0 spiro atoms. The van der Waals surface area contributed by atoms with E-state index in [0.717, 1.165) is 5.56 Å². The van der Waals surface area contributed by atoms with Gasteiger partial charge in [0.05, 0.1) is 0 Å². The van der Waals surface area contributed by atoms with Crippen molar-refractivity contribution in [1.29, 1.82) is 0 Å². The van der Waals surface area contributed by atoms with Crippen LogP contribution in [-0.2, 0) is 0 Å². The van der Waals surface area contributed by atoms with Crippen LogP contribution >= 0.6 is 11.3 Å². The van der Waals surface area contributed by atoms with Gasteiger partial charge in [-0.15, -0.1) is 11.3 Å². The van der Waals surface area contributed by atoms with Crippen molar-refractivity contribution in [3.63, 3.8) is 0 Å².